The van der Waals surface area contributed by atoms with E-state index in [9.17, 15) is 14.4 Å². The Morgan fingerprint density at radius 3 is 2.24 bits per heavy atom. The molecule has 2 aliphatic carbocycles. The predicted octanol–water partition coefficient (Wildman–Crippen LogP) is 3.61. The number of amides is 2. The number of hydrogen-bond donors (Lipinski definition) is 3. The van der Waals surface area contributed by atoms with Crippen molar-refractivity contribution in [1.82, 2.24) is 10.8 Å². The number of carboxylic acids is 1. The van der Waals surface area contributed by atoms with E-state index in [-0.39, 0.29) is 30.9 Å². The Balaban J connectivity index is 1.32. The van der Waals surface area contributed by atoms with Gasteiger partial charge in [0.2, 0.25) is 5.91 Å². The number of hydroxylamine groups is 1. The Morgan fingerprint density at radius 1 is 0.939 bits per heavy atom. The molecular formula is C25H28N2O6. The van der Waals surface area contributed by atoms with Gasteiger partial charge in [0.05, 0.1) is 0 Å². The van der Waals surface area contributed by atoms with Crippen LogP contribution in [0.3, 0.4) is 0 Å². The topological polar surface area (TPSA) is 114 Å². The van der Waals surface area contributed by atoms with Crippen molar-refractivity contribution in [2.75, 3.05) is 13.2 Å². The SMILES string of the molecule is O=C(O)CONC(=O)C[C@@H]1CCCC[C@@H]1NC(=O)OCC1c2ccccc2-c2ccccc21. The second-order valence-corrected chi connectivity index (χ2v) is 8.53. The normalized spacial score (nSPS) is 19.3. The Morgan fingerprint density at radius 2 is 1.58 bits per heavy atom. The lowest BCUT2D eigenvalue weighted by Crippen LogP contribution is -2.44. The molecule has 1 fully saturated rings. The van der Waals surface area contributed by atoms with Gasteiger partial charge in [-0.15, -0.1) is 0 Å². The first-order chi connectivity index (χ1) is 16.0. The van der Waals surface area contributed by atoms with Gasteiger partial charge in [-0.05, 0) is 41.0 Å². The summed E-state index contributed by atoms with van der Waals surface area (Å²) in [4.78, 5) is 39.9. The van der Waals surface area contributed by atoms with Crippen LogP contribution in [0.4, 0.5) is 4.79 Å². The molecule has 0 bridgehead atoms. The third kappa shape index (κ3) is 5.51. The molecule has 2 aromatic rings. The average molecular weight is 453 g/mol. The van der Waals surface area contributed by atoms with E-state index < -0.39 is 24.6 Å². The highest BCUT2D eigenvalue weighted by molar-refractivity contribution is 5.79. The van der Waals surface area contributed by atoms with Gasteiger partial charge in [-0.3, -0.25) is 9.63 Å². The summed E-state index contributed by atoms with van der Waals surface area (Å²) in [5.74, 6) is -1.64. The van der Waals surface area contributed by atoms with E-state index in [1.165, 1.54) is 11.1 Å². The Bertz CT molecular complexity index is 978. The number of hydrogen-bond acceptors (Lipinski definition) is 5. The number of nitrogens with one attached hydrogen (secondary N) is 2. The zero-order chi connectivity index (χ0) is 23.2. The van der Waals surface area contributed by atoms with Crippen molar-refractivity contribution in [2.24, 2.45) is 5.92 Å². The lowest BCUT2D eigenvalue weighted by atomic mass is 9.82. The zero-order valence-electron chi connectivity index (χ0n) is 18.3. The quantitative estimate of drug-likeness (QED) is 0.528. The molecule has 2 aliphatic rings. The number of alkyl carbamates (subject to hydrolysis) is 1. The molecule has 2 atom stereocenters. The van der Waals surface area contributed by atoms with Crippen LogP contribution in [0.5, 0.6) is 0 Å². The van der Waals surface area contributed by atoms with Gasteiger partial charge in [0.15, 0.2) is 6.61 Å². The zero-order valence-corrected chi connectivity index (χ0v) is 18.3. The smallest absolute Gasteiger partial charge is 0.407 e. The maximum Gasteiger partial charge on any atom is 0.407 e. The summed E-state index contributed by atoms with van der Waals surface area (Å²) >= 11 is 0. The summed E-state index contributed by atoms with van der Waals surface area (Å²) in [5, 5.41) is 11.5. The minimum atomic E-state index is -1.16. The molecule has 8 nitrogen and oxygen atoms in total. The molecule has 0 aromatic heterocycles. The number of ether oxygens (including phenoxy) is 1. The monoisotopic (exact) mass is 452 g/mol. The van der Waals surface area contributed by atoms with Crippen molar-refractivity contribution in [2.45, 2.75) is 44.1 Å². The van der Waals surface area contributed by atoms with Crippen LogP contribution in [0, 0.1) is 5.92 Å². The first-order valence-electron chi connectivity index (χ1n) is 11.3. The van der Waals surface area contributed by atoms with Crippen LogP contribution in [-0.4, -0.2) is 42.3 Å². The third-order valence-corrected chi connectivity index (χ3v) is 6.39. The molecule has 2 amide bonds. The van der Waals surface area contributed by atoms with E-state index in [0.29, 0.717) is 0 Å². The standard InChI is InChI=1S/C25H28N2O6/c28-23(27-33-15-24(29)30)13-16-7-1-6-12-22(16)26-25(31)32-14-21-19-10-4-2-8-17(19)18-9-3-5-11-20(18)21/h2-5,8-11,16,21-22H,1,6-7,12-15H2,(H,26,31)(H,27,28)(H,29,30)/t16-,22-/m0/s1. The molecule has 174 valence electrons. The second-order valence-electron chi connectivity index (χ2n) is 8.53. The number of rotatable bonds is 8. The average Bonchev–Trinajstić information content (AvgIpc) is 3.12. The summed E-state index contributed by atoms with van der Waals surface area (Å²) in [6.45, 7) is -0.363. The van der Waals surface area contributed by atoms with Crippen LogP contribution in [0.15, 0.2) is 48.5 Å². The largest absolute Gasteiger partial charge is 0.479 e. The van der Waals surface area contributed by atoms with E-state index in [0.717, 1.165) is 36.8 Å². The highest BCUT2D eigenvalue weighted by atomic mass is 16.7. The minimum Gasteiger partial charge on any atom is -0.479 e. The molecular weight excluding hydrogens is 424 g/mol. The fraction of sp³-hybridized carbons (Fsp3) is 0.400. The number of carbonyl (C=O) groups is 3. The highest BCUT2D eigenvalue weighted by Gasteiger charge is 2.31. The third-order valence-electron chi connectivity index (χ3n) is 6.39. The van der Waals surface area contributed by atoms with E-state index in [1.807, 2.05) is 24.3 Å². The number of fused-ring (bicyclic) bond motifs is 3. The Hall–Kier alpha value is -3.39. The van der Waals surface area contributed by atoms with Crippen LogP contribution in [0.25, 0.3) is 11.1 Å². The molecule has 0 aliphatic heterocycles. The molecule has 0 radical (unpaired) electrons. The maximum atomic E-state index is 12.6. The van der Waals surface area contributed by atoms with Gasteiger partial charge in [0, 0.05) is 18.4 Å². The summed E-state index contributed by atoms with van der Waals surface area (Å²) < 4.78 is 5.65. The van der Waals surface area contributed by atoms with Crippen LogP contribution in [0.2, 0.25) is 0 Å². The Kier molecular flexibility index (Phi) is 7.24. The molecule has 4 rings (SSSR count). The molecule has 0 spiro atoms. The minimum absolute atomic E-state index is 0.0116. The molecule has 33 heavy (non-hydrogen) atoms. The lowest BCUT2D eigenvalue weighted by Gasteiger charge is -2.31. The van der Waals surface area contributed by atoms with Crippen LogP contribution in [0.1, 0.15) is 49.1 Å². The van der Waals surface area contributed by atoms with Crippen molar-refractivity contribution in [3.63, 3.8) is 0 Å². The van der Waals surface area contributed by atoms with Gasteiger partial charge in [-0.2, -0.15) is 0 Å². The van der Waals surface area contributed by atoms with Crippen molar-refractivity contribution in [1.29, 1.82) is 0 Å². The Labute approximate surface area is 192 Å². The highest BCUT2D eigenvalue weighted by Crippen LogP contribution is 2.44. The summed E-state index contributed by atoms with van der Waals surface area (Å²) in [6, 6.07) is 16.2. The molecule has 0 unspecified atom stereocenters. The summed E-state index contributed by atoms with van der Waals surface area (Å²) in [6.07, 6.45) is 3.14. The van der Waals surface area contributed by atoms with E-state index in [1.54, 1.807) is 0 Å². The van der Waals surface area contributed by atoms with E-state index in [4.69, 9.17) is 9.84 Å². The van der Waals surface area contributed by atoms with E-state index >= 15 is 0 Å². The fourth-order valence-electron chi connectivity index (χ4n) is 4.89. The second kappa shape index (κ2) is 10.5. The molecule has 1 saturated carbocycles. The summed E-state index contributed by atoms with van der Waals surface area (Å²) in [5.41, 5.74) is 6.80. The predicted molar refractivity (Wildman–Crippen MR) is 120 cm³/mol. The van der Waals surface area contributed by atoms with Gasteiger partial charge in [0.1, 0.15) is 6.61 Å². The van der Waals surface area contributed by atoms with Crippen LogP contribution >= 0.6 is 0 Å². The van der Waals surface area contributed by atoms with E-state index in [2.05, 4.69) is 39.9 Å². The molecule has 3 N–H and O–H groups in total. The molecule has 2 aromatic carbocycles. The van der Waals surface area contributed by atoms with Crippen molar-refractivity contribution >= 4 is 18.0 Å². The molecule has 0 heterocycles. The van der Waals surface area contributed by atoms with Gasteiger partial charge >= 0.3 is 12.1 Å². The van der Waals surface area contributed by atoms with Gasteiger partial charge in [-0.25, -0.2) is 15.1 Å². The van der Waals surface area contributed by atoms with Crippen molar-refractivity contribution in [3.05, 3.63) is 59.7 Å². The van der Waals surface area contributed by atoms with Gasteiger partial charge < -0.3 is 15.2 Å². The van der Waals surface area contributed by atoms with Gasteiger partial charge in [-0.1, -0.05) is 61.4 Å². The number of carboxylic acid groups (broad SMARTS) is 1. The lowest BCUT2D eigenvalue weighted by molar-refractivity contribution is -0.149. The number of benzene rings is 2. The van der Waals surface area contributed by atoms with Crippen LogP contribution in [-0.2, 0) is 19.2 Å². The van der Waals surface area contributed by atoms with Crippen molar-refractivity contribution in [3.8, 4) is 11.1 Å². The molecule has 8 heteroatoms. The first-order valence-corrected chi connectivity index (χ1v) is 11.3. The number of aliphatic carboxylic acids is 1. The van der Waals surface area contributed by atoms with Crippen molar-refractivity contribution < 1.29 is 29.1 Å². The fourth-order valence-corrected chi connectivity index (χ4v) is 4.89. The summed E-state index contributed by atoms with van der Waals surface area (Å²) in [7, 11) is 0. The molecule has 0 saturated heterocycles. The first kappa shape index (κ1) is 22.8. The van der Waals surface area contributed by atoms with Gasteiger partial charge in [0.25, 0.3) is 0 Å². The number of carbonyl (C=O) groups excluding carboxylic acids is 2. The van der Waals surface area contributed by atoms with Crippen LogP contribution < -0.4 is 10.8 Å². The maximum absolute atomic E-state index is 12.6.